The highest BCUT2D eigenvalue weighted by Crippen LogP contribution is 2.34. The number of hydrogen-bond acceptors (Lipinski definition) is 9. The molecule has 0 radical (unpaired) electrons. The van der Waals surface area contributed by atoms with Crippen molar-refractivity contribution < 1.29 is 22.3 Å². The van der Waals surface area contributed by atoms with Gasteiger partial charge in [-0.25, -0.2) is 22.8 Å². The molecule has 0 bridgehead atoms. The zero-order chi connectivity index (χ0) is 30.7. The van der Waals surface area contributed by atoms with Crippen molar-refractivity contribution in [3.8, 4) is 11.3 Å². The fraction of sp³-hybridized carbons (Fsp3) is 0.367. The van der Waals surface area contributed by atoms with E-state index in [2.05, 4.69) is 42.4 Å². The Hall–Kier alpha value is -3.91. The number of halogens is 1. The van der Waals surface area contributed by atoms with Gasteiger partial charge in [-0.15, -0.1) is 0 Å². The number of aryl methyl sites for hydroxylation is 1. The van der Waals surface area contributed by atoms with Gasteiger partial charge in [-0.2, -0.15) is 0 Å². The molecule has 1 fully saturated rings. The molecule has 43 heavy (non-hydrogen) atoms. The lowest BCUT2D eigenvalue weighted by Crippen LogP contribution is -2.48. The molecular formula is C30H36FN7O4S. The number of H-pyrrole nitrogens is 1. The number of ether oxygens (including phenoxy) is 1. The average molecular weight is 610 g/mol. The van der Waals surface area contributed by atoms with Crippen molar-refractivity contribution >= 4 is 44.0 Å². The first-order chi connectivity index (χ1) is 20.6. The van der Waals surface area contributed by atoms with Crippen LogP contribution in [0.5, 0.6) is 0 Å². The zero-order valence-electron chi connectivity index (χ0n) is 24.6. The quantitative estimate of drug-likeness (QED) is 0.259. The Bertz CT molecular complexity index is 1740. The molecule has 1 saturated heterocycles. The maximum Gasteiger partial charge on any atom is 0.244 e. The number of rotatable bonds is 9. The second kappa shape index (κ2) is 12.8. The summed E-state index contributed by atoms with van der Waals surface area (Å²) in [5.41, 5.74) is 3.45. The number of nitrogens with zero attached hydrogens (tertiary/aromatic N) is 4. The van der Waals surface area contributed by atoms with E-state index in [-0.39, 0.29) is 24.1 Å². The van der Waals surface area contributed by atoms with Gasteiger partial charge < -0.3 is 25.3 Å². The lowest BCUT2D eigenvalue weighted by Gasteiger charge is -2.29. The lowest BCUT2D eigenvalue weighted by molar-refractivity contribution is -0.123. The number of methoxy groups -OCH3 is 1. The number of carbonyl (C=O) groups is 1. The van der Waals surface area contributed by atoms with Crippen LogP contribution in [0.3, 0.4) is 0 Å². The first-order valence-corrected chi connectivity index (χ1v) is 15.9. The summed E-state index contributed by atoms with van der Waals surface area (Å²) < 4.78 is 44.3. The maximum atomic E-state index is 15.0. The van der Waals surface area contributed by atoms with Crippen LogP contribution < -0.4 is 10.6 Å². The summed E-state index contributed by atoms with van der Waals surface area (Å²) >= 11 is 0. The molecule has 11 nitrogen and oxygen atoms in total. The van der Waals surface area contributed by atoms with Gasteiger partial charge in [-0.05, 0) is 50.7 Å². The number of carbonyl (C=O) groups excluding carboxylic acids is 1. The molecule has 0 unspecified atom stereocenters. The summed E-state index contributed by atoms with van der Waals surface area (Å²) in [6, 6.07) is 9.30. The molecule has 1 aliphatic rings. The second-order valence-electron chi connectivity index (χ2n) is 10.8. The van der Waals surface area contributed by atoms with E-state index in [1.807, 2.05) is 31.3 Å². The van der Waals surface area contributed by atoms with Crippen LogP contribution in [0.15, 0.2) is 53.7 Å². The Morgan fingerprint density at radius 3 is 2.67 bits per heavy atom. The number of amides is 1. The van der Waals surface area contributed by atoms with Crippen molar-refractivity contribution in [2.45, 2.75) is 24.3 Å². The van der Waals surface area contributed by atoms with E-state index in [9.17, 15) is 17.6 Å². The number of para-hydroxylation sites is 1. The van der Waals surface area contributed by atoms with E-state index in [4.69, 9.17) is 4.74 Å². The molecule has 5 rings (SSSR count). The molecule has 0 saturated carbocycles. The van der Waals surface area contributed by atoms with E-state index in [0.29, 0.717) is 11.4 Å². The third-order valence-corrected chi connectivity index (χ3v) is 8.75. The molecular weight excluding hydrogens is 573 g/mol. The molecule has 2 aromatic carbocycles. The number of aromatic amines is 1. The molecule has 4 aromatic rings. The third kappa shape index (κ3) is 6.69. The fourth-order valence-electron chi connectivity index (χ4n) is 5.34. The fourth-order valence-corrected chi connectivity index (χ4v) is 6.10. The van der Waals surface area contributed by atoms with E-state index in [1.165, 1.54) is 18.2 Å². The molecule has 0 aliphatic carbocycles. The van der Waals surface area contributed by atoms with E-state index in [0.717, 1.165) is 60.9 Å². The van der Waals surface area contributed by atoms with Gasteiger partial charge in [0.2, 0.25) is 11.9 Å². The zero-order valence-corrected chi connectivity index (χ0v) is 25.5. The standard InChI is InChI=1S/C30H36FN7O4S/c1-19-16-33-30(35-22-9-6-11-25(26(22)31)43(4,40)41)36-27(19)21-17-32-28-20(21)8-5-10-23(28)34-29(39)24(18-42-3)38-13-7-12-37(2)14-15-38/h5-6,8-11,16-17,24,32H,7,12-15,18H2,1-4H3,(H,34,39)(H,33,35,36)/t24-/m1/s1. The van der Waals surface area contributed by atoms with Gasteiger partial charge in [0.1, 0.15) is 10.9 Å². The van der Waals surface area contributed by atoms with Gasteiger partial charge in [0, 0.05) is 56.3 Å². The highest BCUT2D eigenvalue weighted by atomic mass is 32.2. The first kappa shape index (κ1) is 30.5. The SMILES string of the molecule is COC[C@H](C(=O)Nc1cccc2c(-c3nc(Nc4cccc(S(C)(=O)=O)c4F)ncc3C)c[nH]c12)N1CCCN(C)CC1. The normalized spacial score (nSPS) is 15.7. The summed E-state index contributed by atoms with van der Waals surface area (Å²) in [5, 5.41) is 6.75. The third-order valence-electron chi connectivity index (χ3n) is 7.63. The van der Waals surface area contributed by atoms with Crippen LogP contribution in [-0.2, 0) is 19.4 Å². The number of nitrogens with one attached hydrogen (secondary N) is 3. The van der Waals surface area contributed by atoms with Gasteiger partial charge in [-0.3, -0.25) is 9.69 Å². The minimum absolute atomic E-state index is 0.0525. The topological polar surface area (TPSA) is 133 Å². The Kier molecular flexibility index (Phi) is 9.06. The second-order valence-corrected chi connectivity index (χ2v) is 12.8. The van der Waals surface area contributed by atoms with Crippen LogP contribution in [0.2, 0.25) is 0 Å². The molecule has 13 heteroatoms. The number of sulfone groups is 1. The minimum Gasteiger partial charge on any atom is -0.383 e. The van der Waals surface area contributed by atoms with Crippen LogP contribution in [0.25, 0.3) is 22.2 Å². The predicted molar refractivity (Wildman–Crippen MR) is 165 cm³/mol. The number of benzene rings is 2. The van der Waals surface area contributed by atoms with Gasteiger partial charge in [0.25, 0.3) is 0 Å². The van der Waals surface area contributed by atoms with Crippen LogP contribution in [-0.4, -0.2) is 98.3 Å². The van der Waals surface area contributed by atoms with E-state index in [1.54, 1.807) is 13.3 Å². The number of hydrogen-bond donors (Lipinski definition) is 3. The highest BCUT2D eigenvalue weighted by Gasteiger charge is 2.28. The number of fused-ring (bicyclic) bond motifs is 1. The molecule has 0 spiro atoms. The van der Waals surface area contributed by atoms with Crippen molar-refractivity contribution in [1.82, 2.24) is 24.8 Å². The van der Waals surface area contributed by atoms with Crippen molar-refractivity contribution in [3.05, 3.63) is 60.2 Å². The average Bonchev–Trinajstić information content (AvgIpc) is 3.28. The van der Waals surface area contributed by atoms with E-state index < -0.39 is 26.6 Å². The molecule has 3 heterocycles. The van der Waals surface area contributed by atoms with Crippen LogP contribution in [0, 0.1) is 12.7 Å². The number of aromatic nitrogens is 3. The molecule has 1 amide bonds. The Morgan fingerprint density at radius 1 is 1.14 bits per heavy atom. The minimum atomic E-state index is -3.76. The summed E-state index contributed by atoms with van der Waals surface area (Å²) in [5.74, 6) is -0.935. The Labute approximate surface area is 250 Å². The van der Waals surface area contributed by atoms with Gasteiger partial charge in [-0.1, -0.05) is 18.2 Å². The smallest absolute Gasteiger partial charge is 0.244 e. The molecule has 2 aromatic heterocycles. The number of anilines is 3. The van der Waals surface area contributed by atoms with E-state index >= 15 is 0 Å². The largest absolute Gasteiger partial charge is 0.383 e. The highest BCUT2D eigenvalue weighted by molar-refractivity contribution is 7.90. The molecule has 228 valence electrons. The summed E-state index contributed by atoms with van der Waals surface area (Å²) in [4.78, 5) is 29.8. The predicted octanol–water partition coefficient (Wildman–Crippen LogP) is 3.81. The van der Waals surface area contributed by atoms with Crippen molar-refractivity contribution in [3.63, 3.8) is 0 Å². The van der Waals surface area contributed by atoms with Crippen molar-refractivity contribution in [1.29, 1.82) is 0 Å². The van der Waals surface area contributed by atoms with Crippen molar-refractivity contribution in [2.75, 3.05) is 63.8 Å². The van der Waals surface area contributed by atoms with Crippen LogP contribution in [0.1, 0.15) is 12.0 Å². The number of likely N-dealkylation sites (N-methyl/N-ethyl adjacent to an activating group) is 1. The molecule has 1 atom stereocenters. The Morgan fingerprint density at radius 2 is 1.91 bits per heavy atom. The summed E-state index contributed by atoms with van der Waals surface area (Å²) in [6.45, 7) is 5.61. The Balaban J connectivity index is 1.43. The van der Waals surface area contributed by atoms with Crippen LogP contribution in [0.4, 0.5) is 21.7 Å². The monoisotopic (exact) mass is 609 g/mol. The first-order valence-electron chi connectivity index (χ1n) is 14.0. The summed E-state index contributed by atoms with van der Waals surface area (Å²) in [7, 11) is -0.0642. The van der Waals surface area contributed by atoms with Gasteiger partial charge in [0.05, 0.1) is 29.2 Å². The van der Waals surface area contributed by atoms with Crippen LogP contribution >= 0.6 is 0 Å². The maximum absolute atomic E-state index is 15.0. The molecule has 3 N–H and O–H groups in total. The van der Waals surface area contributed by atoms with Crippen molar-refractivity contribution in [2.24, 2.45) is 0 Å². The van der Waals surface area contributed by atoms with Gasteiger partial charge in [0.15, 0.2) is 15.7 Å². The van der Waals surface area contributed by atoms with Gasteiger partial charge >= 0.3 is 0 Å². The molecule has 1 aliphatic heterocycles. The lowest BCUT2D eigenvalue weighted by atomic mass is 10.1. The summed E-state index contributed by atoms with van der Waals surface area (Å²) in [6.07, 6.45) is 5.35.